The summed E-state index contributed by atoms with van der Waals surface area (Å²) in [7, 11) is 0. The van der Waals surface area contributed by atoms with Crippen LogP contribution in [-0.2, 0) is 4.79 Å². The number of benzene rings is 1. The number of halogens is 2. The molecule has 0 spiro atoms. The monoisotopic (exact) mass is 354 g/mol. The zero-order valence-corrected chi connectivity index (χ0v) is 15.5. The van der Waals surface area contributed by atoms with E-state index in [4.69, 9.17) is 0 Å². The summed E-state index contributed by atoms with van der Waals surface area (Å²) >= 11 is 0. The molecule has 2 N–H and O–H groups in total. The number of carbonyl (C=O) groups excluding carboxylic acids is 2. The van der Waals surface area contributed by atoms with E-state index in [1.807, 2.05) is 6.92 Å². The molecule has 1 aromatic carbocycles. The van der Waals surface area contributed by atoms with Crippen LogP contribution in [0.5, 0.6) is 0 Å². The van der Waals surface area contributed by atoms with E-state index < -0.39 is 29.1 Å². The highest BCUT2D eigenvalue weighted by Crippen LogP contribution is 2.14. The van der Waals surface area contributed by atoms with Crippen molar-refractivity contribution >= 4 is 11.8 Å². The van der Waals surface area contributed by atoms with Crippen LogP contribution in [0.3, 0.4) is 0 Å². The Kier molecular flexibility index (Phi) is 8.00. The zero-order valence-electron chi connectivity index (χ0n) is 15.5. The van der Waals surface area contributed by atoms with Gasteiger partial charge in [-0.2, -0.15) is 0 Å². The fraction of sp³-hybridized carbons (Fsp3) is 0.579. The predicted molar refractivity (Wildman–Crippen MR) is 94.1 cm³/mol. The fourth-order valence-corrected chi connectivity index (χ4v) is 2.45. The molecule has 0 fully saturated rings. The molecule has 1 rings (SSSR count). The molecule has 0 heterocycles. The Morgan fingerprint density at radius 1 is 0.960 bits per heavy atom. The van der Waals surface area contributed by atoms with Gasteiger partial charge in [-0.25, -0.2) is 8.78 Å². The SMILES string of the molecule is CC(C)CCC(C)NC(=O)C(NC(=O)c1c(F)cccc1F)C(C)C. The van der Waals surface area contributed by atoms with Crippen LogP contribution < -0.4 is 10.6 Å². The van der Waals surface area contributed by atoms with Crippen molar-refractivity contribution in [1.29, 1.82) is 0 Å². The maximum atomic E-state index is 13.7. The van der Waals surface area contributed by atoms with Gasteiger partial charge in [-0.1, -0.05) is 33.8 Å². The van der Waals surface area contributed by atoms with Crippen molar-refractivity contribution in [1.82, 2.24) is 10.6 Å². The molecule has 0 aliphatic heterocycles. The molecule has 0 bridgehead atoms. The highest BCUT2D eigenvalue weighted by Gasteiger charge is 2.27. The van der Waals surface area contributed by atoms with Crippen LogP contribution in [0.1, 0.15) is 57.8 Å². The molecule has 0 radical (unpaired) electrons. The molecule has 0 aliphatic carbocycles. The van der Waals surface area contributed by atoms with Gasteiger partial charge in [0.25, 0.3) is 5.91 Å². The summed E-state index contributed by atoms with van der Waals surface area (Å²) in [6.45, 7) is 9.64. The van der Waals surface area contributed by atoms with Gasteiger partial charge in [-0.3, -0.25) is 9.59 Å². The lowest BCUT2D eigenvalue weighted by Gasteiger charge is -2.24. The Balaban J connectivity index is 2.80. The van der Waals surface area contributed by atoms with Crippen molar-refractivity contribution in [2.24, 2.45) is 11.8 Å². The number of rotatable bonds is 8. The lowest BCUT2D eigenvalue weighted by molar-refractivity contribution is -0.124. The maximum Gasteiger partial charge on any atom is 0.257 e. The number of hydrogen-bond donors (Lipinski definition) is 2. The normalized spacial score (nSPS) is 13.6. The van der Waals surface area contributed by atoms with Gasteiger partial charge in [0.05, 0.1) is 0 Å². The second kappa shape index (κ2) is 9.49. The molecule has 0 aliphatic rings. The minimum atomic E-state index is -0.953. The maximum absolute atomic E-state index is 13.7. The third kappa shape index (κ3) is 6.44. The first kappa shape index (κ1) is 21.1. The second-order valence-corrected chi connectivity index (χ2v) is 7.17. The molecule has 4 nitrogen and oxygen atoms in total. The van der Waals surface area contributed by atoms with Crippen LogP contribution in [0, 0.1) is 23.5 Å². The van der Waals surface area contributed by atoms with E-state index in [2.05, 4.69) is 24.5 Å². The van der Waals surface area contributed by atoms with Gasteiger partial charge >= 0.3 is 0 Å². The molecule has 6 heteroatoms. The van der Waals surface area contributed by atoms with Crippen LogP contribution in [0.25, 0.3) is 0 Å². The van der Waals surface area contributed by atoms with E-state index in [1.54, 1.807) is 13.8 Å². The lowest BCUT2D eigenvalue weighted by atomic mass is 10.0. The van der Waals surface area contributed by atoms with Gasteiger partial charge in [0.2, 0.25) is 5.91 Å². The average Bonchev–Trinajstić information content (AvgIpc) is 2.50. The minimum Gasteiger partial charge on any atom is -0.352 e. The third-order valence-corrected chi connectivity index (χ3v) is 3.99. The van der Waals surface area contributed by atoms with E-state index in [0.717, 1.165) is 25.0 Å². The van der Waals surface area contributed by atoms with Gasteiger partial charge in [-0.05, 0) is 43.7 Å². The van der Waals surface area contributed by atoms with Crippen LogP contribution in [0.15, 0.2) is 18.2 Å². The fourth-order valence-electron chi connectivity index (χ4n) is 2.45. The van der Waals surface area contributed by atoms with Crippen molar-refractivity contribution in [3.8, 4) is 0 Å². The van der Waals surface area contributed by atoms with Gasteiger partial charge in [-0.15, -0.1) is 0 Å². The third-order valence-electron chi connectivity index (χ3n) is 3.99. The van der Waals surface area contributed by atoms with Gasteiger partial charge in [0.1, 0.15) is 23.2 Å². The van der Waals surface area contributed by atoms with Gasteiger partial charge < -0.3 is 10.6 Å². The highest BCUT2D eigenvalue weighted by atomic mass is 19.1. The van der Waals surface area contributed by atoms with Crippen molar-refractivity contribution in [3.63, 3.8) is 0 Å². The topological polar surface area (TPSA) is 58.2 Å². The molecular weight excluding hydrogens is 326 g/mol. The van der Waals surface area contributed by atoms with Gasteiger partial charge in [0, 0.05) is 6.04 Å². The summed E-state index contributed by atoms with van der Waals surface area (Å²) in [6.07, 6.45) is 1.80. The number of nitrogens with one attached hydrogen (secondary N) is 2. The molecular formula is C19H28F2N2O2. The standard InChI is InChI=1S/C19H28F2N2O2/c1-11(2)9-10-13(5)22-19(25)17(12(3)4)23-18(24)16-14(20)7-6-8-15(16)21/h6-8,11-13,17H,9-10H2,1-5H3,(H,22,25)(H,23,24). The number of amides is 2. The summed E-state index contributed by atoms with van der Waals surface area (Å²) in [5.41, 5.74) is -0.672. The van der Waals surface area contributed by atoms with Gasteiger partial charge in [0.15, 0.2) is 0 Å². The molecule has 2 unspecified atom stereocenters. The number of hydrogen-bond acceptors (Lipinski definition) is 2. The Morgan fingerprint density at radius 2 is 1.52 bits per heavy atom. The first-order valence-electron chi connectivity index (χ1n) is 8.68. The Morgan fingerprint density at radius 3 is 2.00 bits per heavy atom. The predicted octanol–water partition coefficient (Wildman–Crippen LogP) is 3.66. The molecule has 0 saturated carbocycles. The summed E-state index contributed by atoms with van der Waals surface area (Å²) in [6, 6.07) is 2.29. The van der Waals surface area contributed by atoms with Crippen LogP contribution >= 0.6 is 0 Å². The molecule has 140 valence electrons. The summed E-state index contributed by atoms with van der Waals surface area (Å²) in [5, 5.41) is 5.32. The average molecular weight is 354 g/mol. The van der Waals surface area contributed by atoms with Crippen LogP contribution in [-0.4, -0.2) is 23.9 Å². The second-order valence-electron chi connectivity index (χ2n) is 7.17. The van der Waals surface area contributed by atoms with E-state index in [9.17, 15) is 18.4 Å². The molecule has 25 heavy (non-hydrogen) atoms. The number of carbonyl (C=O) groups is 2. The lowest BCUT2D eigenvalue weighted by Crippen LogP contribution is -2.51. The summed E-state index contributed by atoms with van der Waals surface area (Å²) < 4.78 is 27.5. The van der Waals surface area contributed by atoms with E-state index in [-0.39, 0.29) is 17.9 Å². The highest BCUT2D eigenvalue weighted by molar-refractivity contribution is 5.98. The van der Waals surface area contributed by atoms with E-state index in [1.165, 1.54) is 6.07 Å². The molecule has 2 atom stereocenters. The Bertz CT molecular complexity index is 583. The van der Waals surface area contributed by atoms with Crippen molar-refractivity contribution in [3.05, 3.63) is 35.4 Å². The Hall–Kier alpha value is -1.98. The largest absolute Gasteiger partial charge is 0.352 e. The zero-order chi connectivity index (χ0) is 19.1. The van der Waals surface area contributed by atoms with E-state index in [0.29, 0.717) is 5.92 Å². The van der Waals surface area contributed by atoms with Crippen molar-refractivity contribution < 1.29 is 18.4 Å². The smallest absolute Gasteiger partial charge is 0.257 e. The van der Waals surface area contributed by atoms with Crippen molar-refractivity contribution in [2.75, 3.05) is 0 Å². The summed E-state index contributed by atoms with van der Waals surface area (Å²) in [5.74, 6) is -2.88. The quantitative estimate of drug-likeness (QED) is 0.748. The van der Waals surface area contributed by atoms with Crippen molar-refractivity contribution in [2.45, 2.75) is 59.5 Å². The molecule has 2 amide bonds. The van der Waals surface area contributed by atoms with Crippen LogP contribution in [0.4, 0.5) is 8.78 Å². The molecule has 1 aromatic rings. The first-order chi connectivity index (χ1) is 11.6. The van der Waals surface area contributed by atoms with Crippen LogP contribution in [0.2, 0.25) is 0 Å². The van der Waals surface area contributed by atoms with E-state index >= 15 is 0 Å². The molecule has 0 aromatic heterocycles. The summed E-state index contributed by atoms with van der Waals surface area (Å²) in [4.78, 5) is 24.7. The first-order valence-corrected chi connectivity index (χ1v) is 8.68. The molecule has 0 saturated heterocycles. The Labute approximate surface area is 148 Å². The minimum absolute atomic E-state index is 0.0433.